The Balaban J connectivity index is 2.51. The second-order valence-electron chi connectivity index (χ2n) is 5.71. The number of rotatable bonds is 4. The monoisotopic (exact) mass is 436 g/mol. The number of carboxylic acid groups (broad SMARTS) is 1. The van der Waals surface area contributed by atoms with Crippen LogP contribution in [0.15, 0.2) is 36.4 Å². The van der Waals surface area contributed by atoms with Gasteiger partial charge in [-0.15, -0.1) is 0 Å². The normalized spacial score (nSPS) is 11.7. The summed E-state index contributed by atoms with van der Waals surface area (Å²) >= 11 is 0. The molecule has 12 heteroatoms. The molecule has 0 spiro atoms. The van der Waals surface area contributed by atoms with Gasteiger partial charge in [-0.1, -0.05) is 0 Å². The quantitative estimate of drug-likeness (QED) is 0.429. The molecule has 30 heavy (non-hydrogen) atoms. The maximum atomic E-state index is 12.9. The highest BCUT2D eigenvalue weighted by Gasteiger charge is 2.34. The van der Waals surface area contributed by atoms with E-state index in [9.17, 15) is 40.7 Å². The van der Waals surface area contributed by atoms with E-state index in [0.717, 1.165) is 6.92 Å². The largest absolute Gasteiger partial charge is 0.478 e. The summed E-state index contributed by atoms with van der Waals surface area (Å²) in [5.41, 5.74) is -4.16. The molecule has 0 unspecified atom stereocenters. The van der Waals surface area contributed by atoms with Crippen molar-refractivity contribution in [3.63, 3.8) is 0 Å². The van der Waals surface area contributed by atoms with E-state index in [4.69, 9.17) is 5.11 Å². The van der Waals surface area contributed by atoms with Crippen LogP contribution in [0.5, 0.6) is 11.5 Å². The van der Waals surface area contributed by atoms with Crippen molar-refractivity contribution in [1.82, 2.24) is 0 Å². The van der Waals surface area contributed by atoms with E-state index in [0.29, 0.717) is 30.3 Å². The van der Waals surface area contributed by atoms with Crippen LogP contribution in [-0.2, 0) is 17.1 Å². The number of benzene rings is 2. The lowest BCUT2D eigenvalue weighted by molar-refractivity contribution is -0.138. The third-order valence-electron chi connectivity index (χ3n) is 3.52. The fraction of sp³-hybridized carbons (Fsp3) is 0.167. The van der Waals surface area contributed by atoms with Crippen LogP contribution in [0.1, 0.15) is 38.8 Å². The highest BCUT2D eigenvalue weighted by molar-refractivity contribution is 5.97. The van der Waals surface area contributed by atoms with Crippen LogP contribution in [0, 0.1) is 0 Å². The third kappa shape index (κ3) is 5.27. The first-order chi connectivity index (χ1) is 13.7. The fourth-order valence-electron chi connectivity index (χ4n) is 2.22. The Bertz CT molecular complexity index is 1010. The molecule has 0 radical (unpaired) electrons. The van der Waals surface area contributed by atoms with Crippen LogP contribution in [0.2, 0.25) is 0 Å². The van der Waals surface area contributed by atoms with Gasteiger partial charge in [-0.25, -0.2) is 9.59 Å². The number of carboxylic acids is 1. The molecule has 0 aliphatic rings. The molecule has 0 atom stereocenters. The van der Waals surface area contributed by atoms with Gasteiger partial charge in [0.15, 0.2) is 0 Å². The Hall–Kier alpha value is -3.57. The summed E-state index contributed by atoms with van der Waals surface area (Å²) in [4.78, 5) is 34.7. The van der Waals surface area contributed by atoms with E-state index >= 15 is 0 Å². The standard InChI is InChI=1S/C18H10F6O6/c1-8(25)29-14-7-10(18(22,23)24)3-5-12(14)16(28)30-13-6-9(17(19,20)21)2-4-11(13)15(26)27/h2-7H,1H3,(H,26,27). The van der Waals surface area contributed by atoms with Crippen LogP contribution in [0.3, 0.4) is 0 Å². The van der Waals surface area contributed by atoms with E-state index in [-0.39, 0.29) is 6.07 Å². The first-order valence-corrected chi connectivity index (χ1v) is 7.76. The van der Waals surface area contributed by atoms with Crippen molar-refractivity contribution in [2.75, 3.05) is 0 Å². The summed E-state index contributed by atoms with van der Waals surface area (Å²) in [6, 6.07) is 2.60. The SMILES string of the molecule is CC(=O)Oc1cc(C(F)(F)F)ccc1C(=O)Oc1cc(C(F)(F)F)ccc1C(=O)O. The van der Waals surface area contributed by atoms with E-state index in [1.165, 1.54) is 0 Å². The van der Waals surface area contributed by atoms with Crippen molar-refractivity contribution < 1.29 is 55.3 Å². The van der Waals surface area contributed by atoms with E-state index in [1.54, 1.807) is 0 Å². The number of hydrogen-bond donors (Lipinski definition) is 1. The Morgan fingerprint density at radius 1 is 0.767 bits per heavy atom. The molecule has 2 aromatic rings. The lowest BCUT2D eigenvalue weighted by Gasteiger charge is -2.14. The highest BCUT2D eigenvalue weighted by atomic mass is 19.4. The molecule has 0 fully saturated rings. The van der Waals surface area contributed by atoms with Crippen molar-refractivity contribution in [1.29, 1.82) is 0 Å². The van der Waals surface area contributed by atoms with E-state index in [1.807, 2.05) is 0 Å². The number of esters is 2. The summed E-state index contributed by atoms with van der Waals surface area (Å²) in [6.45, 7) is 0.838. The Morgan fingerprint density at radius 2 is 1.20 bits per heavy atom. The third-order valence-corrected chi connectivity index (χ3v) is 3.52. The zero-order chi connectivity index (χ0) is 22.9. The van der Waals surface area contributed by atoms with Crippen LogP contribution >= 0.6 is 0 Å². The number of aromatic carboxylic acids is 1. The van der Waals surface area contributed by atoms with Crippen LogP contribution < -0.4 is 9.47 Å². The van der Waals surface area contributed by atoms with Gasteiger partial charge in [-0.05, 0) is 36.4 Å². The predicted molar refractivity (Wildman–Crippen MR) is 86.1 cm³/mol. The minimum Gasteiger partial charge on any atom is -0.478 e. The maximum Gasteiger partial charge on any atom is 0.416 e. The zero-order valence-corrected chi connectivity index (χ0v) is 14.7. The molecule has 2 rings (SSSR count). The summed E-state index contributed by atoms with van der Waals surface area (Å²) in [5.74, 6) is -6.23. The summed E-state index contributed by atoms with van der Waals surface area (Å²) in [6.07, 6.45) is -9.75. The molecule has 0 aliphatic heterocycles. The molecule has 1 N–H and O–H groups in total. The second-order valence-corrected chi connectivity index (χ2v) is 5.71. The van der Waals surface area contributed by atoms with Gasteiger partial charge in [0.25, 0.3) is 0 Å². The molecule has 6 nitrogen and oxygen atoms in total. The number of halogens is 6. The first-order valence-electron chi connectivity index (χ1n) is 7.76. The number of carbonyl (C=O) groups excluding carboxylic acids is 2. The molecule has 0 saturated carbocycles. The van der Waals surface area contributed by atoms with Gasteiger partial charge in [0.05, 0.1) is 11.1 Å². The van der Waals surface area contributed by atoms with Gasteiger partial charge < -0.3 is 14.6 Å². The van der Waals surface area contributed by atoms with Crippen molar-refractivity contribution in [3.05, 3.63) is 58.7 Å². The number of ether oxygens (including phenoxy) is 2. The van der Waals surface area contributed by atoms with Gasteiger partial charge in [0.2, 0.25) is 0 Å². The molecule has 0 amide bonds. The zero-order valence-electron chi connectivity index (χ0n) is 14.7. The molecule has 0 heterocycles. The molecule has 0 aliphatic carbocycles. The van der Waals surface area contributed by atoms with Crippen LogP contribution in [0.4, 0.5) is 26.3 Å². The fourth-order valence-corrected chi connectivity index (χ4v) is 2.22. The Labute approximate surface area is 163 Å². The Kier molecular flexibility index (Phi) is 6.09. The smallest absolute Gasteiger partial charge is 0.416 e. The molecule has 0 saturated heterocycles. The summed E-state index contributed by atoms with van der Waals surface area (Å²) in [7, 11) is 0. The molecule has 0 bridgehead atoms. The number of hydrogen-bond acceptors (Lipinski definition) is 5. The van der Waals surface area contributed by atoms with Gasteiger partial charge >= 0.3 is 30.3 Å². The minimum absolute atomic E-state index is 0.247. The van der Waals surface area contributed by atoms with E-state index in [2.05, 4.69) is 9.47 Å². The minimum atomic E-state index is -4.89. The van der Waals surface area contributed by atoms with Crippen molar-refractivity contribution in [2.24, 2.45) is 0 Å². The average Bonchev–Trinajstić information content (AvgIpc) is 2.59. The second kappa shape index (κ2) is 8.05. The van der Waals surface area contributed by atoms with Crippen molar-refractivity contribution >= 4 is 17.9 Å². The predicted octanol–water partition coefficient (Wildman–Crippen LogP) is 4.57. The van der Waals surface area contributed by atoms with Gasteiger partial charge in [-0.2, -0.15) is 26.3 Å². The summed E-state index contributed by atoms with van der Waals surface area (Å²) in [5, 5.41) is 9.08. The van der Waals surface area contributed by atoms with Crippen LogP contribution in [-0.4, -0.2) is 23.0 Å². The maximum absolute atomic E-state index is 12.9. The molecule has 2 aromatic carbocycles. The number of carbonyl (C=O) groups is 3. The van der Waals surface area contributed by atoms with Gasteiger partial charge in [0.1, 0.15) is 22.6 Å². The molecular weight excluding hydrogens is 426 g/mol. The topological polar surface area (TPSA) is 89.9 Å². The lowest BCUT2D eigenvalue weighted by Crippen LogP contribution is -2.16. The lowest BCUT2D eigenvalue weighted by atomic mass is 10.1. The molecule has 160 valence electrons. The highest BCUT2D eigenvalue weighted by Crippen LogP contribution is 2.35. The van der Waals surface area contributed by atoms with E-state index < -0.39 is 64.0 Å². The first kappa shape index (κ1) is 22.7. The summed E-state index contributed by atoms with van der Waals surface area (Å²) < 4.78 is 86.4. The van der Waals surface area contributed by atoms with Gasteiger partial charge in [0, 0.05) is 6.92 Å². The Morgan fingerprint density at radius 3 is 1.60 bits per heavy atom. The van der Waals surface area contributed by atoms with Crippen molar-refractivity contribution in [2.45, 2.75) is 19.3 Å². The average molecular weight is 436 g/mol. The van der Waals surface area contributed by atoms with Crippen molar-refractivity contribution in [3.8, 4) is 11.5 Å². The molecular formula is C18H10F6O6. The van der Waals surface area contributed by atoms with Gasteiger partial charge in [-0.3, -0.25) is 4.79 Å². The molecule has 0 aromatic heterocycles. The number of alkyl halides is 6. The van der Waals surface area contributed by atoms with Crippen LogP contribution in [0.25, 0.3) is 0 Å².